The lowest BCUT2D eigenvalue weighted by molar-refractivity contribution is -0.910. The number of amides is 1. The maximum atomic E-state index is 12.9. The molecule has 8 heteroatoms. The number of anilines is 1. The number of aliphatic hydroxyl groups excluding tert-OH is 1. The van der Waals surface area contributed by atoms with E-state index in [-0.39, 0.29) is 11.8 Å². The Morgan fingerprint density at radius 2 is 1.97 bits per heavy atom. The first kappa shape index (κ1) is 20.6. The van der Waals surface area contributed by atoms with Gasteiger partial charge in [0.2, 0.25) is 11.9 Å². The Morgan fingerprint density at radius 3 is 2.69 bits per heavy atom. The van der Waals surface area contributed by atoms with Crippen molar-refractivity contribution in [2.75, 3.05) is 12.4 Å². The molecule has 1 aliphatic heterocycles. The summed E-state index contributed by atoms with van der Waals surface area (Å²) in [5, 5.41) is 29.4. The van der Waals surface area contributed by atoms with Crippen LogP contribution in [0.5, 0.6) is 5.75 Å². The third kappa shape index (κ3) is 4.10. The number of aromatic nitrogens is 1. The van der Waals surface area contributed by atoms with E-state index in [0.717, 1.165) is 59.5 Å². The molecule has 0 radical (unpaired) electrons. The minimum absolute atomic E-state index is 0.181. The predicted molar refractivity (Wildman–Crippen MR) is 116 cm³/mol. The largest absolute Gasteiger partial charge is 0.494 e. The maximum Gasteiger partial charge on any atom is 0.325 e. The van der Waals surface area contributed by atoms with Gasteiger partial charge in [-0.05, 0) is 50.7 Å². The second kappa shape index (κ2) is 8.35. The third-order valence-corrected chi connectivity index (χ3v) is 6.42. The van der Waals surface area contributed by atoms with Gasteiger partial charge < -0.3 is 15.2 Å². The summed E-state index contributed by atoms with van der Waals surface area (Å²) in [6.45, 7) is 0. The van der Waals surface area contributed by atoms with Crippen LogP contribution in [-0.4, -0.2) is 40.3 Å². The van der Waals surface area contributed by atoms with Gasteiger partial charge in [0.15, 0.2) is 6.21 Å². The van der Waals surface area contributed by atoms with Crippen molar-refractivity contribution in [2.45, 2.75) is 50.5 Å². The van der Waals surface area contributed by atoms with Crippen molar-refractivity contribution in [3.63, 3.8) is 0 Å². The summed E-state index contributed by atoms with van der Waals surface area (Å²) < 4.78 is 8.30. The Labute approximate surface area is 185 Å². The number of hydrogen-bond acceptors (Lipinski definition) is 5. The Balaban J connectivity index is 1.41. The van der Waals surface area contributed by atoms with Crippen LogP contribution in [0.3, 0.4) is 0 Å². The normalized spacial score (nSPS) is 23.2. The number of carbonyl (C=O) groups is 1. The molecule has 2 heterocycles. The summed E-state index contributed by atoms with van der Waals surface area (Å²) in [4.78, 5) is 12.9. The van der Waals surface area contributed by atoms with Crippen LogP contribution in [0.4, 0.5) is 5.69 Å². The highest BCUT2D eigenvalue weighted by molar-refractivity contribution is 6.02. The number of hydrogen-bond donors (Lipinski definition) is 3. The van der Waals surface area contributed by atoms with Crippen molar-refractivity contribution < 1.29 is 29.3 Å². The number of fused-ring (bicyclic) bond motifs is 1. The molecule has 0 spiro atoms. The molecule has 0 unspecified atom stereocenters. The van der Waals surface area contributed by atoms with Crippen molar-refractivity contribution in [2.24, 2.45) is 11.0 Å². The van der Waals surface area contributed by atoms with Gasteiger partial charge in [0.05, 0.1) is 24.1 Å². The molecule has 1 amide bonds. The molecule has 8 nitrogen and oxygen atoms in total. The zero-order valence-corrected chi connectivity index (χ0v) is 18.1. The SMILES string of the molecule is COc1cc2c(cc1NC(=O)c1cccc(C3CC3)[n+]1O)=C/[N+](=C\C1CCC(O)CC1)N=2. The number of methoxy groups -OCH3 is 1. The van der Waals surface area contributed by atoms with Crippen LogP contribution in [0.1, 0.15) is 60.6 Å². The molecular formula is C24H28N4O4+2. The van der Waals surface area contributed by atoms with Gasteiger partial charge in [0.1, 0.15) is 11.1 Å². The number of nitrogens with one attached hydrogen (secondary N) is 1. The van der Waals surface area contributed by atoms with Crippen molar-refractivity contribution in [1.82, 2.24) is 0 Å². The van der Waals surface area contributed by atoms with Crippen LogP contribution in [0.15, 0.2) is 35.4 Å². The first-order valence-corrected chi connectivity index (χ1v) is 11.2. The van der Waals surface area contributed by atoms with E-state index in [9.17, 15) is 15.1 Å². The smallest absolute Gasteiger partial charge is 0.325 e. The second-order valence-corrected chi connectivity index (χ2v) is 8.81. The molecule has 1 aromatic heterocycles. The fraction of sp³-hybridized carbons (Fsp3) is 0.417. The minimum Gasteiger partial charge on any atom is -0.494 e. The summed E-state index contributed by atoms with van der Waals surface area (Å²) in [5.74, 6) is 0.785. The average Bonchev–Trinajstić information content (AvgIpc) is 3.55. The quantitative estimate of drug-likeness (QED) is 0.486. The fourth-order valence-electron chi connectivity index (χ4n) is 4.45. The lowest BCUT2D eigenvalue weighted by Gasteiger charge is -2.20. The van der Waals surface area contributed by atoms with Gasteiger partial charge in [-0.2, -0.15) is 0 Å². The molecule has 0 atom stereocenters. The van der Waals surface area contributed by atoms with Crippen molar-refractivity contribution in [3.8, 4) is 5.75 Å². The Morgan fingerprint density at radius 1 is 1.19 bits per heavy atom. The molecule has 1 aromatic carbocycles. The van der Waals surface area contributed by atoms with Crippen molar-refractivity contribution >= 4 is 24.0 Å². The van der Waals surface area contributed by atoms with E-state index in [1.165, 1.54) is 0 Å². The number of ether oxygens (including phenoxy) is 1. The molecule has 3 N–H and O–H groups in total. The minimum atomic E-state index is -0.410. The molecule has 2 fully saturated rings. The summed E-state index contributed by atoms with van der Waals surface area (Å²) in [6.07, 6.45) is 9.42. The van der Waals surface area contributed by atoms with Crippen LogP contribution in [0.25, 0.3) is 6.20 Å². The lowest BCUT2D eigenvalue weighted by Crippen LogP contribution is -2.43. The first-order valence-electron chi connectivity index (χ1n) is 11.2. The molecule has 3 aliphatic rings. The van der Waals surface area contributed by atoms with Crippen LogP contribution in [0, 0.1) is 5.92 Å². The van der Waals surface area contributed by atoms with Gasteiger partial charge in [-0.15, -0.1) is 0 Å². The number of nitrogens with zero attached hydrogens (tertiary/aromatic N) is 3. The summed E-state index contributed by atoms with van der Waals surface area (Å²) in [5.41, 5.74) is 1.45. The standard InChI is InChI=1S/C24H27N4O4/c1-32-23-12-19-17(14-27(26-19)13-15-5-9-18(29)10-6-15)11-20(23)25-24(30)22-4-2-3-21(28(22)31)16-7-8-16/h2-4,11-16,18,29H,5-10H2,1H3,(H-,25,30,31)/q+1/p+1/b27-13+. The molecule has 0 saturated heterocycles. The zero-order chi connectivity index (χ0) is 22.2. The summed E-state index contributed by atoms with van der Waals surface area (Å²) >= 11 is 0. The average molecular weight is 437 g/mol. The van der Waals surface area contributed by atoms with Crippen LogP contribution in [0.2, 0.25) is 0 Å². The topological polar surface area (TPSA) is 98.0 Å². The predicted octanol–water partition coefficient (Wildman–Crippen LogP) is 1.27. The summed E-state index contributed by atoms with van der Waals surface area (Å²) in [7, 11) is 1.55. The van der Waals surface area contributed by atoms with E-state index in [1.807, 2.05) is 23.0 Å². The van der Waals surface area contributed by atoms with Crippen LogP contribution in [-0.2, 0) is 0 Å². The molecule has 2 aromatic rings. The van der Waals surface area contributed by atoms with Gasteiger partial charge in [-0.1, -0.05) is 4.68 Å². The highest BCUT2D eigenvalue weighted by atomic mass is 16.5. The van der Waals surface area contributed by atoms with Crippen molar-refractivity contribution in [1.29, 1.82) is 0 Å². The number of rotatable bonds is 5. The van der Waals surface area contributed by atoms with Gasteiger partial charge in [-0.25, -0.2) is 0 Å². The van der Waals surface area contributed by atoms with E-state index in [4.69, 9.17) is 4.74 Å². The van der Waals surface area contributed by atoms with Crippen molar-refractivity contribution in [3.05, 3.63) is 52.3 Å². The molecule has 5 rings (SSSR count). The van der Waals surface area contributed by atoms with E-state index < -0.39 is 5.91 Å². The molecular weight excluding hydrogens is 408 g/mol. The number of aliphatic hydroxyl groups is 1. The van der Waals surface area contributed by atoms with E-state index in [2.05, 4.69) is 16.6 Å². The zero-order valence-electron chi connectivity index (χ0n) is 18.1. The van der Waals surface area contributed by atoms with E-state index >= 15 is 0 Å². The summed E-state index contributed by atoms with van der Waals surface area (Å²) in [6, 6.07) is 8.87. The van der Waals surface area contributed by atoms with Gasteiger partial charge in [-0.3, -0.25) is 10.0 Å². The highest BCUT2D eigenvalue weighted by Crippen LogP contribution is 2.38. The molecule has 32 heavy (non-hydrogen) atoms. The Hall–Kier alpha value is -3.26. The van der Waals surface area contributed by atoms with E-state index in [1.54, 1.807) is 25.3 Å². The van der Waals surface area contributed by atoms with Gasteiger partial charge in [0.25, 0.3) is 0 Å². The van der Waals surface area contributed by atoms with Crippen LogP contribution >= 0.6 is 0 Å². The van der Waals surface area contributed by atoms with Gasteiger partial charge >= 0.3 is 11.6 Å². The monoisotopic (exact) mass is 436 g/mol. The lowest BCUT2D eigenvalue weighted by atomic mass is 9.88. The number of pyridine rings is 1. The Kier molecular flexibility index (Phi) is 5.38. The fourth-order valence-corrected chi connectivity index (χ4v) is 4.45. The third-order valence-electron chi connectivity index (χ3n) is 6.42. The van der Waals surface area contributed by atoms with E-state index in [0.29, 0.717) is 23.3 Å². The molecule has 0 bridgehead atoms. The number of carbonyl (C=O) groups excluding carboxylic acids is 1. The Bertz CT molecular complexity index is 1210. The first-order chi connectivity index (χ1) is 15.5. The molecule has 2 aliphatic carbocycles. The maximum absolute atomic E-state index is 12.9. The molecule has 166 valence electrons. The number of benzene rings is 1. The highest BCUT2D eigenvalue weighted by Gasteiger charge is 2.35. The van der Waals surface area contributed by atoms with Crippen LogP contribution < -0.4 is 25.4 Å². The van der Waals surface area contributed by atoms with Gasteiger partial charge in [0, 0.05) is 39.9 Å². The second-order valence-electron chi connectivity index (χ2n) is 8.81. The molecule has 2 saturated carbocycles.